The van der Waals surface area contributed by atoms with Gasteiger partial charge in [0, 0.05) is 17.6 Å². The van der Waals surface area contributed by atoms with Crippen LogP contribution in [0, 0.1) is 0 Å². The number of nitrogen functional groups attached to an aromatic ring is 1. The summed E-state index contributed by atoms with van der Waals surface area (Å²) in [6.07, 6.45) is 3.99. The molecule has 1 aromatic heterocycles. The van der Waals surface area contributed by atoms with Gasteiger partial charge in [0.15, 0.2) is 10.8 Å². The zero-order valence-electron chi connectivity index (χ0n) is 21.6. The number of carboxylic acid groups (broad SMARTS) is 2. The first-order valence-corrected chi connectivity index (χ1v) is 13.7. The van der Waals surface area contributed by atoms with Crippen molar-refractivity contribution in [3.05, 3.63) is 34.5 Å². The van der Waals surface area contributed by atoms with Gasteiger partial charge < -0.3 is 30.9 Å². The quantitative estimate of drug-likeness (QED) is 0.141. The molecule has 3 aliphatic heterocycles. The second-order valence-electron chi connectivity index (χ2n) is 10.0. The van der Waals surface area contributed by atoms with Crippen LogP contribution in [0.4, 0.5) is 5.13 Å². The predicted molar refractivity (Wildman–Crippen MR) is 139 cm³/mol. The fraction of sp³-hybridized carbons (Fsp3) is 0.478. The molecule has 3 atom stereocenters. The van der Waals surface area contributed by atoms with Crippen molar-refractivity contribution in [2.75, 3.05) is 32.1 Å². The standard InChI is InChI=1S/C23H28N6O8S2/c1-23(2,21(34)35)37-27-14(13-10-39-22(24)25-13)17(30)26-15-18(31)28-16(20(32)33)11(9-38-19(15)28)5-6-12-7-8-29(3,4)36-12/h5-6,10,12,15,19H,7-9H2,1-4H3,(H4-,24,25,26,30,32,33,34,35)/b6-5+,27-14-/t12-,15+,19+/m0/s1. The number of rotatable bonds is 9. The molecule has 3 aliphatic rings. The molecule has 14 nitrogen and oxygen atoms in total. The number of nitrogens with two attached hydrogens (primary N) is 1. The molecule has 0 saturated carbocycles. The van der Waals surface area contributed by atoms with Gasteiger partial charge in [0.05, 0.1) is 25.8 Å². The van der Waals surface area contributed by atoms with Crippen molar-refractivity contribution < 1.29 is 43.7 Å². The van der Waals surface area contributed by atoms with Gasteiger partial charge in [-0.05, 0) is 25.5 Å². The third-order valence-corrected chi connectivity index (χ3v) is 8.20. The SMILES string of the molecule is CC(C)(O/N=C(\C(=O)N[C@@H]1C(=O)N2C(C(=O)[O-])=C(/C=C/[C@H]3CC[N+](C)(C)O3)CS[C@H]12)c1csc(N)n1)C(=O)O. The lowest BCUT2D eigenvalue weighted by Crippen LogP contribution is -2.71. The Labute approximate surface area is 231 Å². The fourth-order valence-corrected chi connectivity index (χ4v) is 5.90. The maximum Gasteiger partial charge on any atom is 0.350 e. The molecule has 39 heavy (non-hydrogen) atoms. The Morgan fingerprint density at radius 2 is 2.13 bits per heavy atom. The lowest BCUT2D eigenvalue weighted by atomic mass is 10.0. The number of hydroxylamine groups is 3. The second-order valence-corrected chi connectivity index (χ2v) is 12.0. The van der Waals surface area contributed by atoms with Crippen LogP contribution in [0.5, 0.6) is 0 Å². The molecule has 4 rings (SSSR count). The normalized spacial score (nSPS) is 24.9. The van der Waals surface area contributed by atoms with Crippen LogP contribution >= 0.6 is 23.1 Å². The fourth-order valence-electron chi connectivity index (χ4n) is 4.03. The van der Waals surface area contributed by atoms with Gasteiger partial charge >= 0.3 is 5.97 Å². The number of carbonyl (C=O) groups excluding carboxylic acids is 3. The maximum atomic E-state index is 13.2. The first-order chi connectivity index (χ1) is 18.2. The first-order valence-electron chi connectivity index (χ1n) is 11.8. The molecule has 0 aliphatic carbocycles. The number of thioether (sulfide) groups is 1. The Morgan fingerprint density at radius 3 is 2.69 bits per heavy atom. The van der Waals surface area contributed by atoms with Gasteiger partial charge in [-0.15, -0.1) is 23.1 Å². The average Bonchev–Trinajstić information content (AvgIpc) is 3.44. The third-order valence-electron chi connectivity index (χ3n) is 6.22. The molecule has 0 bridgehead atoms. The van der Waals surface area contributed by atoms with Crippen LogP contribution < -0.4 is 16.2 Å². The van der Waals surface area contributed by atoms with Gasteiger partial charge in [0.1, 0.15) is 29.8 Å². The minimum absolute atomic E-state index is 0.0230. The van der Waals surface area contributed by atoms with Gasteiger partial charge in [-0.25, -0.2) is 9.78 Å². The van der Waals surface area contributed by atoms with Gasteiger partial charge in [0.2, 0.25) is 5.60 Å². The summed E-state index contributed by atoms with van der Waals surface area (Å²) in [6.45, 7) is 3.30. The number of quaternary nitrogens is 1. The van der Waals surface area contributed by atoms with E-state index in [4.69, 9.17) is 15.4 Å². The summed E-state index contributed by atoms with van der Waals surface area (Å²) in [4.78, 5) is 65.6. The third kappa shape index (κ3) is 5.93. The summed E-state index contributed by atoms with van der Waals surface area (Å²) in [7, 11) is 3.85. The maximum absolute atomic E-state index is 13.2. The van der Waals surface area contributed by atoms with E-state index >= 15 is 0 Å². The van der Waals surface area contributed by atoms with E-state index in [1.54, 1.807) is 12.2 Å². The molecule has 2 amide bonds. The van der Waals surface area contributed by atoms with Crippen molar-refractivity contribution in [3.63, 3.8) is 0 Å². The Kier molecular flexibility index (Phi) is 7.75. The Balaban J connectivity index is 1.52. The second kappa shape index (κ2) is 10.6. The lowest BCUT2D eigenvalue weighted by Gasteiger charge is -2.50. The van der Waals surface area contributed by atoms with E-state index in [2.05, 4.69) is 15.5 Å². The number of carbonyl (C=O) groups is 4. The number of allylic oxidation sites excluding steroid dienone is 1. The number of anilines is 1. The summed E-state index contributed by atoms with van der Waals surface area (Å²) in [5, 5.41) is 28.4. The van der Waals surface area contributed by atoms with Gasteiger partial charge in [-0.1, -0.05) is 11.2 Å². The summed E-state index contributed by atoms with van der Waals surface area (Å²) < 4.78 is 0.391. The number of β-lactam (4-membered cyclic amide) rings is 1. The molecular weight excluding hydrogens is 552 g/mol. The Morgan fingerprint density at radius 1 is 1.41 bits per heavy atom. The molecule has 4 N–H and O–H groups in total. The molecule has 1 aromatic rings. The highest BCUT2D eigenvalue weighted by Crippen LogP contribution is 2.40. The molecule has 0 unspecified atom stereocenters. The number of carboxylic acids is 2. The van der Waals surface area contributed by atoms with E-state index in [-0.39, 0.29) is 34.1 Å². The van der Waals surface area contributed by atoms with E-state index in [1.165, 1.54) is 31.0 Å². The van der Waals surface area contributed by atoms with E-state index in [1.807, 2.05) is 14.1 Å². The van der Waals surface area contributed by atoms with Crippen molar-refractivity contribution >= 4 is 57.7 Å². The Hall–Kier alpha value is -3.47. The molecule has 0 spiro atoms. The number of oxime groups is 1. The van der Waals surface area contributed by atoms with Crippen molar-refractivity contribution in [2.24, 2.45) is 5.16 Å². The largest absolute Gasteiger partial charge is 0.543 e. The number of nitrogens with zero attached hydrogens (tertiary/aromatic N) is 4. The summed E-state index contributed by atoms with van der Waals surface area (Å²) >= 11 is 2.30. The molecule has 0 radical (unpaired) electrons. The number of hydrogen-bond donors (Lipinski definition) is 3. The summed E-state index contributed by atoms with van der Waals surface area (Å²) in [5.41, 5.74) is 3.69. The smallest absolute Gasteiger partial charge is 0.350 e. The number of hydrogen-bond acceptors (Lipinski definition) is 12. The zero-order chi connectivity index (χ0) is 28.7. The molecule has 210 valence electrons. The highest BCUT2D eigenvalue weighted by atomic mass is 32.2. The van der Waals surface area contributed by atoms with Gasteiger partial charge in [-0.2, -0.15) is 9.48 Å². The summed E-state index contributed by atoms with van der Waals surface area (Å²) in [5.74, 6) is -4.09. The van der Waals surface area contributed by atoms with Crippen molar-refractivity contribution in [1.82, 2.24) is 15.2 Å². The molecular formula is C23H28N6O8S2. The van der Waals surface area contributed by atoms with E-state index in [0.717, 1.165) is 29.2 Å². The number of nitrogens with one attached hydrogen (secondary N) is 1. The zero-order valence-corrected chi connectivity index (χ0v) is 23.2. The topological polar surface area (TPSA) is 197 Å². The number of thiazole rings is 1. The minimum atomic E-state index is -1.76. The van der Waals surface area contributed by atoms with E-state index < -0.39 is 40.8 Å². The van der Waals surface area contributed by atoms with Crippen molar-refractivity contribution in [1.29, 1.82) is 0 Å². The van der Waals surface area contributed by atoms with E-state index in [9.17, 15) is 29.4 Å². The van der Waals surface area contributed by atoms with Crippen LogP contribution in [-0.4, -0.2) is 98.6 Å². The molecule has 2 fully saturated rings. The Bertz CT molecular complexity index is 1300. The molecule has 2 saturated heterocycles. The van der Waals surface area contributed by atoms with Crippen LogP contribution in [0.1, 0.15) is 26.0 Å². The van der Waals surface area contributed by atoms with Crippen LogP contribution in [0.25, 0.3) is 0 Å². The summed E-state index contributed by atoms with van der Waals surface area (Å²) in [6, 6.07) is -1.08. The van der Waals surface area contributed by atoms with Crippen molar-refractivity contribution in [3.8, 4) is 0 Å². The number of amides is 2. The van der Waals surface area contributed by atoms with Crippen LogP contribution in [-0.2, 0) is 28.9 Å². The highest BCUT2D eigenvalue weighted by molar-refractivity contribution is 8.00. The van der Waals surface area contributed by atoms with Crippen LogP contribution in [0.3, 0.4) is 0 Å². The molecule has 16 heteroatoms. The van der Waals surface area contributed by atoms with Crippen LogP contribution in [0.15, 0.2) is 34.0 Å². The number of fused-ring (bicyclic) bond motifs is 1. The molecule has 0 aromatic carbocycles. The minimum Gasteiger partial charge on any atom is -0.543 e. The van der Waals surface area contributed by atoms with Gasteiger partial charge in [-0.3, -0.25) is 14.5 Å². The average molecular weight is 581 g/mol. The van der Waals surface area contributed by atoms with Gasteiger partial charge in [0.25, 0.3) is 11.8 Å². The van der Waals surface area contributed by atoms with E-state index in [0.29, 0.717) is 10.2 Å². The predicted octanol–water partition coefficient (Wildman–Crippen LogP) is -0.950. The first kappa shape index (κ1) is 28.5. The highest BCUT2D eigenvalue weighted by Gasteiger charge is 2.53. The van der Waals surface area contributed by atoms with Crippen LogP contribution in [0.2, 0.25) is 0 Å². The number of aromatic nitrogens is 1. The molecule has 4 heterocycles. The van der Waals surface area contributed by atoms with Crippen molar-refractivity contribution in [2.45, 2.75) is 43.4 Å². The lowest BCUT2D eigenvalue weighted by molar-refractivity contribution is -1.06. The monoisotopic (exact) mass is 580 g/mol. The number of aliphatic carboxylic acids is 2.